The predicted molar refractivity (Wildman–Crippen MR) is 114 cm³/mol. The summed E-state index contributed by atoms with van der Waals surface area (Å²) in [5.41, 5.74) is -2.47. The molecule has 3 heterocycles. The highest BCUT2D eigenvalue weighted by molar-refractivity contribution is 5.99. The number of pyridine rings is 1. The molecular formula is C23H24F3N3O5. The molecule has 0 bridgehead atoms. The Kier molecular flexibility index (Phi) is 6.15. The van der Waals surface area contributed by atoms with Crippen LogP contribution in [-0.4, -0.2) is 44.8 Å². The van der Waals surface area contributed by atoms with E-state index in [0.29, 0.717) is 18.6 Å². The molecule has 1 saturated heterocycles. The number of carbonyl (C=O) groups excluding carboxylic acids is 2. The van der Waals surface area contributed by atoms with Gasteiger partial charge in [-0.25, -0.2) is 13.2 Å². The number of nitrogens with zero attached hydrogens (tertiary/aromatic N) is 2. The maximum Gasteiger partial charge on any atom is 0.276 e. The van der Waals surface area contributed by atoms with Crippen molar-refractivity contribution in [2.24, 2.45) is 5.92 Å². The van der Waals surface area contributed by atoms with Crippen LogP contribution in [0, 0.1) is 23.4 Å². The molecule has 8 nitrogen and oxygen atoms in total. The average molecular weight is 479 g/mol. The van der Waals surface area contributed by atoms with E-state index in [2.05, 4.69) is 5.32 Å². The van der Waals surface area contributed by atoms with E-state index in [4.69, 9.17) is 4.74 Å². The third-order valence-electron chi connectivity index (χ3n) is 6.49. The molecule has 1 fully saturated rings. The smallest absolute Gasteiger partial charge is 0.276 e. The molecule has 2 aliphatic rings. The maximum absolute atomic E-state index is 13.9. The van der Waals surface area contributed by atoms with E-state index < -0.39 is 64.3 Å². The number of hydrogen-bond acceptors (Lipinski definition) is 5. The van der Waals surface area contributed by atoms with Gasteiger partial charge < -0.3 is 24.6 Å². The summed E-state index contributed by atoms with van der Waals surface area (Å²) in [6.07, 6.45) is 0.968. The van der Waals surface area contributed by atoms with Crippen LogP contribution in [0.1, 0.15) is 53.6 Å². The number of ether oxygens (including phenoxy) is 1. The van der Waals surface area contributed by atoms with Crippen LogP contribution in [0.4, 0.5) is 13.2 Å². The Morgan fingerprint density at radius 1 is 1.18 bits per heavy atom. The van der Waals surface area contributed by atoms with Gasteiger partial charge in [0, 0.05) is 36.5 Å². The molecule has 0 spiro atoms. The number of amides is 2. The van der Waals surface area contributed by atoms with Crippen molar-refractivity contribution in [3.05, 3.63) is 62.8 Å². The van der Waals surface area contributed by atoms with Crippen molar-refractivity contribution in [2.45, 2.75) is 58.7 Å². The summed E-state index contributed by atoms with van der Waals surface area (Å²) in [6.45, 7) is 5.17. The largest absolute Gasteiger partial charge is 0.503 e. The standard InChI is InChI=1S/C23H24F3N3O5/c1-10-4-11(2)29-18(34-12(10)3)9-28-8-15(20(30)21(31)19(28)23(29)33)22(32)27-7-14-16(25)5-13(24)6-17(14)26/h5-6,8,10-12,18,31H,4,7,9H2,1-3H3,(H,27,32)/t10-,11+,12-,18?/m0/s1. The number of benzene rings is 1. The molecule has 0 aliphatic carbocycles. The Morgan fingerprint density at radius 3 is 2.47 bits per heavy atom. The minimum Gasteiger partial charge on any atom is -0.503 e. The van der Waals surface area contributed by atoms with Crippen molar-refractivity contribution in [3.63, 3.8) is 0 Å². The molecule has 2 aliphatic heterocycles. The van der Waals surface area contributed by atoms with Gasteiger partial charge in [-0.15, -0.1) is 0 Å². The normalized spacial score (nSPS) is 24.3. The predicted octanol–water partition coefficient (Wildman–Crippen LogP) is 2.52. The number of hydrogen-bond donors (Lipinski definition) is 2. The van der Waals surface area contributed by atoms with Gasteiger partial charge >= 0.3 is 0 Å². The van der Waals surface area contributed by atoms with Crippen molar-refractivity contribution in [1.29, 1.82) is 0 Å². The van der Waals surface area contributed by atoms with Crippen molar-refractivity contribution in [1.82, 2.24) is 14.8 Å². The van der Waals surface area contributed by atoms with E-state index in [0.717, 1.165) is 6.20 Å². The minimum absolute atomic E-state index is 0.0673. The number of nitrogens with one attached hydrogen (secondary N) is 1. The highest BCUT2D eigenvalue weighted by atomic mass is 19.1. The molecule has 182 valence electrons. The van der Waals surface area contributed by atoms with Crippen molar-refractivity contribution in [3.8, 4) is 5.75 Å². The van der Waals surface area contributed by atoms with Crippen molar-refractivity contribution >= 4 is 11.8 Å². The third kappa shape index (κ3) is 4.04. The molecule has 4 rings (SSSR count). The van der Waals surface area contributed by atoms with Gasteiger partial charge in [-0.05, 0) is 26.2 Å². The Balaban J connectivity index is 1.65. The van der Waals surface area contributed by atoms with Gasteiger partial charge in [0.15, 0.2) is 17.7 Å². The summed E-state index contributed by atoms with van der Waals surface area (Å²) in [4.78, 5) is 40.1. The first-order valence-electron chi connectivity index (χ1n) is 10.9. The van der Waals surface area contributed by atoms with Crippen LogP contribution in [0.15, 0.2) is 23.1 Å². The summed E-state index contributed by atoms with van der Waals surface area (Å²) < 4.78 is 48.2. The van der Waals surface area contributed by atoms with Gasteiger partial charge in [0.1, 0.15) is 23.0 Å². The number of aromatic nitrogens is 1. The lowest BCUT2D eigenvalue weighted by Gasteiger charge is -2.39. The Bertz CT molecular complexity index is 1210. The first-order chi connectivity index (χ1) is 16.0. The Morgan fingerprint density at radius 2 is 1.82 bits per heavy atom. The Hall–Kier alpha value is -3.34. The zero-order valence-electron chi connectivity index (χ0n) is 18.8. The summed E-state index contributed by atoms with van der Waals surface area (Å²) in [5, 5.41) is 12.7. The summed E-state index contributed by atoms with van der Waals surface area (Å²) in [6, 6.07) is 0.734. The third-order valence-corrected chi connectivity index (χ3v) is 6.49. The van der Waals surface area contributed by atoms with Gasteiger partial charge in [0.2, 0.25) is 5.43 Å². The average Bonchev–Trinajstić information content (AvgIpc) is 2.84. The molecule has 1 aromatic heterocycles. The minimum atomic E-state index is -1.20. The van der Waals surface area contributed by atoms with Crippen molar-refractivity contribution in [2.75, 3.05) is 0 Å². The lowest BCUT2D eigenvalue weighted by atomic mass is 9.97. The lowest BCUT2D eigenvalue weighted by molar-refractivity contribution is -0.0947. The summed E-state index contributed by atoms with van der Waals surface area (Å²) in [7, 11) is 0. The molecule has 1 aromatic carbocycles. The second kappa shape index (κ2) is 8.79. The highest BCUT2D eigenvalue weighted by Gasteiger charge is 2.42. The Labute approximate surface area is 192 Å². The maximum atomic E-state index is 13.9. The molecular weight excluding hydrogens is 455 g/mol. The molecule has 0 radical (unpaired) electrons. The van der Waals surface area contributed by atoms with Gasteiger partial charge in [-0.2, -0.15) is 0 Å². The molecule has 4 atom stereocenters. The number of carbonyl (C=O) groups is 2. The van der Waals surface area contributed by atoms with E-state index in [1.54, 1.807) is 0 Å². The fraction of sp³-hybridized carbons (Fsp3) is 0.435. The molecule has 34 heavy (non-hydrogen) atoms. The summed E-state index contributed by atoms with van der Waals surface area (Å²) >= 11 is 0. The SMILES string of the molecule is C[C@@H]1OC2Cn3cc(C(=O)NCc4c(F)cc(F)cc4F)c(=O)c(O)c3C(=O)N2[C@H](C)C[C@@H]1C. The number of fused-ring (bicyclic) bond motifs is 2. The second-order valence-electron chi connectivity index (χ2n) is 8.82. The molecule has 1 unspecified atom stereocenters. The van der Waals surface area contributed by atoms with E-state index >= 15 is 0 Å². The fourth-order valence-corrected chi connectivity index (χ4v) is 4.51. The summed E-state index contributed by atoms with van der Waals surface area (Å²) in [5.74, 6) is -5.85. The van der Waals surface area contributed by atoms with Crippen LogP contribution in [0.5, 0.6) is 5.75 Å². The molecule has 0 saturated carbocycles. The van der Waals surface area contributed by atoms with E-state index in [-0.39, 0.29) is 30.3 Å². The van der Waals surface area contributed by atoms with E-state index in [1.165, 1.54) is 9.47 Å². The molecule has 2 aromatic rings. The zero-order chi connectivity index (χ0) is 24.9. The first kappa shape index (κ1) is 23.8. The number of rotatable bonds is 3. The fourth-order valence-electron chi connectivity index (χ4n) is 4.51. The van der Waals surface area contributed by atoms with Gasteiger partial charge in [-0.3, -0.25) is 14.4 Å². The topological polar surface area (TPSA) is 101 Å². The lowest BCUT2D eigenvalue weighted by Crippen LogP contribution is -2.53. The molecule has 11 heteroatoms. The van der Waals surface area contributed by atoms with E-state index in [9.17, 15) is 32.7 Å². The van der Waals surface area contributed by atoms with Crippen LogP contribution in [-0.2, 0) is 17.8 Å². The highest BCUT2D eigenvalue weighted by Crippen LogP contribution is 2.32. The van der Waals surface area contributed by atoms with Gasteiger partial charge in [-0.1, -0.05) is 6.92 Å². The van der Waals surface area contributed by atoms with Gasteiger partial charge in [0.05, 0.1) is 12.6 Å². The number of aromatic hydroxyl groups is 1. The zero-order valence-corrected chi connectivity index (χ0v) is 18.8. The molecule has 2 amide bonds. The van der Waals surface area contributed by atoms with E-state index in [1.807, 2.05) is 20.8 Å². The monoisotopic (exact) mass is 479 g/mol. The first-order valence-corrected chi connectivity index (χ1v) is 10.9. The van der Waals surface area contributed by atoms with Crippen molar-refractivity contribution < 1.29 is 32.6 Å². The van der Waals surface area contributed by atoms with Crippen LogP contribution in [0.2, 0.25) is 0 Å². The van der Waals surface area contributed by atoms with Crippen LogP contribution in [0.3, 0.4) is 0 Å². The van der Waals surface area contributed by atoms with Crippen LogP contribution >= 0.6 is 0 Å². The second-order valence-corrected chi connectivity index (χ2v) is 8.82. The van der Waals surface area contributed by atoms with Gasteiger partial charge in [0.25, 0.3) is 11.8 Å². The number of halogens is 3. The van der Waals surface area contributed by atoms with Crippen LogP contribution in [0.25, 0.3) is 0 Å². The quantitative estimate of drug-likeness (QED) is 0.705. The van der Waals surface area contributed by atoms with Crippen LogP contribution < -0.4 is 10.7 Å². The molecule has 2 N–H and O–H groups in total.